The number of hydrogen-bond acceptors (Lipinski definition) is 4. The lowest BCUT2D eigenvalue weighted by Gasteiger charge is -2.12. The van der Waals surface area contributed by atoms with E-state index in [0.717, 1.165) is 10.9 Å². The van der Waals surface area contributed by atoms with E-state index in [9.17, 15) is 0 Å². The maximum absolute atomic E-state index is 9.10. The van der Waals surface area contributed by atoms with Crippen LogP contribution < -0.4 is 5.32 Å². The van der Waals surface area contributed by atoms with Gasteiger partial charge in [-0.2, -0.15) is 5.26 Å². The van der Waals surface area contributed by atoms with Gasteiger partial charge in [-0.05, 0) is 19.1 Å². The fourth-order valence-electron chi connectivity index (χ4n) is 1.64. The van der Waals surface area contributed by atoms with Gasteiger partial charge in [0.1, 0.15) is 5.82 Å². The molecule has 0 fully saturated rings. The van der Waals surface area contributed by atoms with Crippen molar-refractivity contribution < 1.29 is 5.11 Å². The Bertz CT molecular complexity index is 574. The van der Waals surface area contributed by atoms with Crippen molar-refractivity contribution in [2.45, 2.75) is 13.0 Å². The molecule has 0 amide bonds. The van der Waals surface area contributed by atoms with Crippen LogP contribution in [0.3, 0.4) is 0 Å². The van der Waals surface area contributed by atoms with Crippen LogP contribution in [0.1, 0.15) is 12.5 Å². The van der Waals surface area contributed by atoms with Gasteiger partial charge in [-0.3, -0.25) is 0 Å². The zero-order valence-electron chi connectivity index (χ0n) is 9.51. The van der Waals surface area contributed by atoms with Crippen molar-refractivity contribution in [3.05, 3.63) is 35.9 Å². The topological polar surface area (TPSA) is 68.9 Å². The molecule has 0 spiro atoms. The van der Waals surface area contributed by atoms with Gasteiger partial charge in [-0.1, -0.05) is 18.2 Å². The van der Waals surface area contributed by atoms with Crippen LogP contribution in [-0.2, 0) is 0 Å². The Balaban J connectivity index is 2.50. The zero-order chi connectivity index (χ0) is 12.3. The molecule has 0 aliphatic heterocycles. The molecule has 1 aromatic heterocycles. The zero-order valence-corrected chi connectivity index (χ0v) is 9.51. The van der Waals surface area contributed by atoms with E-state index < -0.39 is 0 Å². The SMILES string of the molecule is CC(CO)Nc1cc(C#N)c2ccccc2n1. The highest BCUT2D eigenvalue weighted by Crippen LogP contribution is 2.20. The van der Waals surface area contributed by atoms with Crippen LogP contribution in [-0.4, -0.2) is 22.7 Å². The van der Waals surface area contributed by atoms with Gasteiger partial charge in [-0.15, -0.1) is 0 Å². The number of rotatable bonds is 3. The van der Waals surface area contributed by atoms with Crippen LogP contribution in [0.4, 0.5) is 5.82 Å². The van der Waals surface area contributed by atoms with E-state index in [1.54, 1.807) is 6.07 Å². The minimum atomic E-state index is -0.0878. The number of nitriles is 1. The first-order chi connectivity index (χ1) is 8.24. The minimum Gasteiger partial charge on any atom is -0.394 e. The van der Waals surface area contributed by atoms with E-state index in [4.69, 9.17) is 10.4 Å². The van der Waals surface area contributed by atoms with Gasteiger partial charge in [0, 0.05) is 11.4 Å². The Morgan fingerprint density at radius 3 is 2.94 bits per heavy atom. The molecule has 0 radical (unpaired) electrons. The largest absolute Gasteiger partial charge is 0.394 e. The molecule has 0 aliphatic carbocycles. The second-order valence-electron chi connectivity index (χ2n) is 3.91. The Labute approximate surface area is 99.5 Å². The average molecular weight is 227 g/mol. The first-order valence-corrected chi connectivity index (χ1v) is 5.42. The summed E-state index contributed by atoms with van der Waals surface area (Å²) in [6.07, 6.45) is 0. The Hall–Kier alpha value is -2.12. The van der Waals surface area contributed by atoms with Crippen LogP contribution in [0.5, 0.6) is 0 Å². The van der Waals surface area contributed by atoms with Gasteiger partial charge >= 0.3 is 0 Å². The van der Waals surface area contributed by atoms with Crippen molar-refractivity contribution in [1.29, 1.82) is 5.26 Å². The highest BCUT2D eigenvalue weighted by molar-refractivity contribution is 5.86. The molecule has 0 bridgehead atoms. The normalized spacial score (nSPS) is 12.1. The monoisotopic (exact) mass is 227 g/mol. The van der Waals surface area contributed by atoms with Crippen LogP contribution in [0, 0.1) is 11.3 Å². The van der Waals surface area contributed by atoms with Crippen LogP contribution in [0.2, 0.25) is 0 Å². The number of para-hydroxylation sites is 1. The quantitative estimate of drug-likeness (QED) is 0.840. The molecule has 0 saturated carbocycles. The molecule has 1 aromatic carbocycles. The number of nitrogens with one attached hydrogen (secondary N) is 1. The second kappa shape index (κ2) is 4.81. The molecular weight excluding hydrogens is 214 g/mol. The van der Waals surface area contributed by atoms with Crippen LogP contribution >= 0.6 is 0 Å². The van der Waals surface area contributed by atoms with Gasteiger partial charge in [0.2, 0.25) is 0 Å². The number of benzene rings is 1. The van der Waals surface area contributed by atoms with Gasteiger partial charge < -0.3 is 10.4 Å². The van der Waals surface area contributed by atoms with Crippen LogP contribution in [0.25, 0.3) is 10.9 Å². The summed E-state index contributed by atoms with van der Waals surface area (Å²) >= 11 is 0. The van der Waals surface area contributed by atoms with E-state index in [1.807, 2.05) is 31.2 Å². The van der Waals surface area contributed by atoms with Gasteiger partial charge in [0.05, 0.1) is 23.8 Å². The lowest BCUT2D eigenvalue weighted by molar-refractivity contribution is 0.281. The molecule has 1 heterocycles. The standard InChI is InChI=1S/C13H13N3O/c1-9(8-17)15-13-6-10(7-14)11-4-2-3-5-12(11)16-13/h2-6,9,17H,8H2,1H3,(H,15,16). The fourth-order valence-corrected chi connectivity index (χ4v) is 1.64. The summed E-state index contributed by atoms with van der Waals surface area (Å²) in [7, 11) is 0. The summed E-state index contributed by atoms with van der Waals surface area (Å²) in [5, 5.41) is 22.0. The average Bonchev–Trinajstić information content (AvgIpc) is 2.37. The van der Waals surface area contributed by atoms with Crippen molar-refractivity contribution in [2.75, 3.05) is 11.9 Å². The number of aliphatic hydroxyl groups is 1. The lowest BCUT2D eigenvalue weighted by atomic mass is 10.1. The van der Waals surface area contributed by atoms with E-state index in [2.05, 4.69) is 16.4 Å². The summed E-state index contributed by atoms with van der Waals surface area (Å²) in [6.45, 7) is 1.87. The molecule has 17 heavy (non-hydrogen) atoms. The Morgan fingerprint density at radius 1 is 1.47 bits per heavy atom. The highest BCUT2D eigenvalue weighted by Gasteiger charge is 2.06. The predicted octanol–water partition coefficient (Wildman–Crippen LogP) is 1.90. The number of pyridine rings is 1. The van der Waals surface area contributed by atoms with Gasteiger partial charge in [-0.25, -0.2) is 4.98 Å². The van der Waals surface area contributed by atoms with E-state index >= 15 is 0 Å². The number of nitrogens with zero attached hydrogens (tertiary/aromatic N) is 2. The van der Waals surface area contributed by atoms with Crippen molar-refractivity contribution in [3.8, 4) is 6.07 Å². The van der Waals surface area contributed by atoms with Crippen molar-refractivity contribution in [3.63, 3.8) is 0 Å². The molecular formula is C13H13N3O. The summed E-state index contributed by atoms with van der Waals surface area (Å²) in [5.41, 5.74) is 1.36. The third-order valence-electron chi connectivity index (χ3n) is 2.50. The molecule has 0 aliphatic rings. The number of anilines is 1. The predicted molar refractivity (Wildman–Crippen MR) is 66.6 cm³/mol. The molecule has 4 heteroatoms. The highest BCUT2D eigenvalue weighted by atomic mass is 16.3. The first kappa shape index (κ1) is 11.4. The summed E-state index contributed by atoms with van der Waals surface area (Å²) in [5.74, 6) is 0.613. The smallest absolute Gasteiger partial charge is 0.128 e. The molecule has 2 aromatic rings. The maximum Gasteiger partial charge on any atom is 0.128 e. The molecule has 4 nitrogen and oxygen atoms in total. The molecule has 1 unspecified atom stereocenters. The summed E-state index contributed by atoms with van der Waals surface area (Å²) < 4.78 is 0. The molecule has 0 saturated heterocycles. The molecule has 2 rings (SSSR count). The second-order valence-corrected chi connectivity index (χ2v) is 3.91. The molecule has 86 valence electrons. The van der Waals surface area contributed by atoms with E-state index in [0.29, 0.717) is 11.4 Å². The van der Waals surface area contributed by atoms with Crippen molar-refractivity contribution >= 4 is 16.7 Å². The maximum atomic E-state index is 9.10. The number of hydrogen-bond donors (Lipinski definition) is 2. The number of aromatic nitrogens is 1. The minimum absolute atomic E-state index is 0.0242. The van der Waals surface area contributed by atoms with Crippen LogP contribution in [0.15, 0.2) is 30.3 Å². The molecule has 2 N–H and O–H groups in total. The van der Waals surface area contributed by atoms with Crippen molar-refractivity contribution in [1.82, 2.24) is 4.98 Å². The van der Waals surface area contributed by atoms with Gasteiger partial charge in [0.25, 0.3) is 0 Å². The molecule has 1 atom stereocenters. The number of fused-ring (bicyclic) bond motifs is 1. The van der Waals surface area contributed by atoms with Gasteiger partial charge in [0.15, 0.2) is 0 Å². The summed E-state index contributed by atoms with van der Waals surface area (Å²) in [4.78, 5) is 4.40. The number of aliphatic hydroxyl groups excluding tert-OH is 1. The van der Waals surface area contributed by atoms with E-state index in [-0.39, 0.29) is 12.6 Å². The lowest BCUT2D eigenvalue weighted by Crippen LogP contribution is -2.20. The summed E-state index contributed by atoms with van der Waals surface area (Å²) in [6, 6.07) is 11.3. The third-order valence-corrected chi connectivity index (χ3v) is 2.50. The third kappa shape index (κ3) is 2.35. The van der Waals surface area contributed by atoms with E-state index in [1.165, 1.54) is 0 Å². The fraction of sp³-hybridized carbons (Fsp3) is 0.231. The first-order valence-electron chi connectivity index (χ1n) is 5.42. The Morgan fingerprint density at radius 2 is 2.24 bits per heavy atom. The van der Waals surface area contributed by atoms with Crippen molar-refractivity contribution in [2.24, 2.45) is 0 Å². The Kier molecular flexibility index (Phi) is 3.22.